The standard InChI is InChI=1S/C31H35F3N4O7/c1-5-43-24-12-18-14-38(27(35)19(18)13-20(24)28(36)41)15-23(39)17-10-21(30(2,3)4)26(22(11-17)37-8-6-7-9-37)44-16-25(40)45-29(42)31(32,33)34/h10-13,35H,5-9,14-16H2,1-4H3,(H2,36,41). The highest BCUT2D eigenvalue weighted by atomic mass is 19.4. The van der Waals surface area contributed by atoms with Crippen molar-refractivity contribution < 1.29 is 46.6 Å². The summed E-state index contributed by atoms with van der Waals surface area (Å²) in [5.41, 5.74) is 7.48. The number of benzene rings is 2. The Morgan fingerprint density at radius 3 is 2.24 bits per heavy atom. The number of nitrogens with two attached hydrogens (primary N) is 1. The summed E-state index contributed by atoms with van der Waals surface area (Å²) in [6.45, 7) is 7.95. The van der Waals surface area contributed by atoms with E-state index in [4.69, 9.17) is 20.6 Å². The third-order valence-electron chi connectivity index (χ3n) is 7.46. The number of halogens is 3. The number of fused-ring (bicyclic) bond motifs is 1. The molecule has 4 rings (SSSR count). The van der Waals surface area contributed by atoms with Crippen LogP contribution in [0, 0.1) is 5.41 Å². The number of rotatable bonds is 10. The molecule has 14 heteroatoms. The fourth-order valence-electron chi connectivity index (χ4n) is 5.29. The number of hydrogen-bond donors (Lipinski definition) is 2. The summed E-state index contributed by atoms with van der Waals surface area (Å²) in [6.07, 6.45) is -3.63. The number of alkyl halides is 3. The van der Waals surface area contributed by atoms with Crippen molar-refractivity contribution in [1.29, 1.82) is 5.41 Å². The van der Waals surface area contributed by atoms with E-state index in [1.165, 1.54) is 6.07 Å². The number of hydrogen-bond acceptors (Lipinski definition) is 9. The zero-order chi connectivity index (χ0) is 33.3. The van der Waals surface area contributed by atoms with E-state index in [0.717, 1.165) is 12.8 Å². The second kappa shape index (κ2) is 12.8. The molecule has 0 aliphatic carbocycles. The maximum atomic E-state index is 13.8. The maximum Gasteiger partial charge on any atom is 0.491 e. The Morgan fingerprint density at radius 2 is 1.67 bits per heavy atom. The molecule has 0 aromatic heterocycles. The van der Waals surface area contributed by atoms with Crippen molar-refractivity contribution in [2.45, 2.75) is 58.7 Å². The van der Waals surface area contributed by atoms with Gasteiger partial charge >= 0.3 is 18.1 Å². The lowest BCUT2D eigenvalue weighted by atomic mass is 9.84. The summed E-state index contributed by atoms with van der Waals surface area (Å²) in [7, 11) is 0. The average molecular weight is 633 g/mol. The molecule has 1 saturated heterocycles. The van der Waals surface area contributed by atoms with Gasteiger partial charge in [-0.25, -0.2) is 9.59 Å². The van der Waals surface area contributed by atoms with Crippen molar-refractivity contribution in [3.63, 3.8) is 0 Å². The molecule has 0 saturated carbocycles. The molecule has 3 N–H and O–H groups in total. The topological polar surface area (TPSA) is 152 Å². The van der Waals surface area contributed by atoms with Crippen LogP contribution in [0.3, 0.4) is 0 Å². The van der Waals surface area contributed by atoms with Crippen LogP contribution in [0.15, 0.2) is 24.3 Å². The van der Waals surface area contributed by atoms with Gasteiger partial charge in [0.1, 0.15) is 17.3 Å². The number of carbonyl (C=O) groups excluding carboxylic acids is 4. The normalized spacial score (nSPS) is 14.8. The number of Topliss-reactive ketones (excluding diaryl/α,β-unsaturated/α-hetero) is 1. The summed E-state index contributed by atoms with van der Waals surface area (Å²) < 4.78 is 52.9. The zero-order valence-corrected chi connectivity index (χ0v) is 25.4. The molecule has 0 radical (unpaired) electrons. The lowest BCUT2D eigenvalue weighted by molar-refractivity contribution is -0.202. The van der Waals surface area contributed by atoms with Crippen LogP contribution in [0.1, 0.15) is 77.9 Å². The van der Waals surface area contributed by atoms with Crippen molar-refractivity contribution in [1.82, 2.24) is 4.90 Å². The van der Waals surface area contributed by atoms with E-state index in [1.807, 2.05) is 25.7 Å². The smallest absolute Gasteiger partial charge is 0.491 e. The van der Waals surface area contributed by atoms with Crippen LogP contribution in [-0.4, -0.2) is 73.4 Å². The highest BCUT2D eigenvalue weighted by Gasteiger charge is 2.42. The number of carbonyl (C=O) groups is 4. The molecule has 0 bridgehead atoms. The summed E-state index contributed by atoms with van der Waals surface area (Å²) in [5.74, 6) is -4.62. The Hall–Kier alpha value is -4.62. The first-order valence-corrected chi connectivity index (χ1v) is 14.4. The Bertz CT molecular complexity index is 1540. The van der Waals surface area contributed by atoms with Crippen molar-refractivity contribution in [3.05, 3.63) is 52.1 Å². The third kappa shape index (κ3) is 7.37. The number of anilines is 1. The summed E-state index contributed by atoms with van der Waals surface area (Å²) in [4.78, 5) is 52.5. The summed E-state index contributed by atoms with van der Waals surface area (Å²) >= 11 is 0. The Labute approximate surface area is 257 Å². The van der Waals surface area contributed by atoms with Gasteiger partial charge in [-0.2, -0.15) is 13.2 Å². The Kier molecular flexibility index (Phi) is 9.45. The van der Waals surface area contributed by atoms with Crippen molar-refractivity contribution >= 4 is 35.2 Å². The van der Waals surface area contributed by atoms with Crippen LogP contribution in [0.4, 0.5) is 18.9 Å². The molecule has 2 heterocycles. The minimum Gasteiger partial charge on any atom is -0.493 e. The SMILES string of the molecule is CCOc1cc2c(cc1C(N)=O)C(=N)N(CC(=O)c1cc(N3CCCC3)c(OCC(=O)OC(=O)C(F)(F)F)c(C(C)(C)C)c1)C2. The fraction of sp³-hybridized carbons (Fsp3) is 0.452. The molecule has 1 fully saturated rings. The van der Waals surface area contributed by atoms with Gasteiger partial charge in [0, 0.05) is 36.3 Å². The minimum atomic E-state index is -5.34. The number of ether oxygens (including phenoxy) is 3. The lowest BCUT2D eigenvalue weighted by Crippen LogP contribution is -2.31. The van der Waals surface area contributed by atoms with Crippen LogP contribution < -0.4 is 20.1 Å². The number of primary amides is 1. The second-order valence-corrected chi connectivity index (χ2v) is 11.8. The van der Waals surface area contributed by atoms with Crippen LogP contribution in [-0.2, 0) is 26.3 Å². The van der Waals surface area contributed by atoms with Crippen molar-refractivity contribution in [2.24, 2.45) is 5.73 Å². The number of ketones is 1. The molecule has 0 unspecified atom stereocenters. The van der Waals surface area contributed by atoms with Gasteiger partial charge in [-0.3, -0.25) is 15.0 Å². The number of amidine groups is 1. The average Bonchev–Trinajstić information content (AvgIpc) is 3.58. The van der Waals surface area contributed by atoms with E-state index in [2.05, 4.69) is 4.74 Å². The molecule has 242 valence electrons. The van der Waals surface area contributed by atoms with Gasteiger partial charge < -0.3 is 29.7 Å². The van der Waals surface area contributed by atoms with Gasteiger partial charge in [0.25, 0.3) is 5.91 Å². The molecule has 1 amide bonds. The van der Waals surface area contributed by atoms with Crippen LogP contribution >= 0.6 is 0 Å². The molecule has 0 atom stereocenters. The first-order valence-electron chi connectivity index (χ1n) is 14.4. The van der Waals surface area contributed by atoms with Gasteiger partial charge in [-0.15, -0.1) is 0 Å². The molecular formula is C31H35F3N4O7. The van der Waals surface area contributed by atoms with E-state index >= 15 is 0 Å². The molecular weight excluding hydrogens is 597 g/mol. The monoisotopic (exact) mass is 632 g/mol. The maximum absolute atomic E-state index is 13.8. The quantitative estimate of drug-likeness (QED) is 0.224. The highest BCUT2D eigenvalue weighted by Crippen LogP contribution is 2.42. The predicted octanol–water partition coefficient (Wildman–Crippen LogP) is 4.12. The van der Waals surface area contributed by atoms with Crippen LogP contribution in [0.2, 0.25) is 0 Å². The molecule has 45 heavy (non-hydrogen) atoms. The fourth-order valence-corrected chi connectivity index (χ4v) is 5.29. The largest absolute Gasteiger partial charge is 0.493 e. The van der Waals surface area contributed by atoms with E-state index in [1.54, 1.807) is 30.0 Å². The molecule has 11 nitrogen and oxygen atoms in total. The zero-order valence-electron chi connectivity index (χ0n) is 25.4. The lowest BCUT2D eigenvalue weighted by Gasteiger charge is -2.29. The van der Waals surface area contributed by atoms with Gasteiger partial charge in [-0.1, -0.05) is 20.8 Å². The van der Waals surface area contributed by atoms with Crippen LogP contribution in [0.25, 0.3) is 0 Å². The molecule has 2 aromatic carbocycles. The van der Waals surface area contributed by atoms with E-state index in [9.17, 15) is 32.3 Å². The molecule has 0 spiro atoms. The number of amides is 1. The van der Waals surface area contributed by atoms with Gasteiger partial charge in [-0.05, 0) is 55.0 Å². The number of esters is 2. The third-order valence-corrected chi connectivity index (χ3v) is 7.46. The molecule has 2 aromatic rings. The number of nitrogens with zero attached hydrogens (tertiary/aromatic N) is 2. The first-order chi connectivity index (χ1) is 21.0. The van der Waals surface area contributed by atoms with Crippen molar-refractivity contribution in [2.75, 3.05) is 37.7 Å². The first kappa shape index (κ1) is 33.3. The van der Waals surface area contributed by atoms with E-state index in [0.29, 0.717) is 53.4 Å². The van der Waals surface area contributed by atoms with Crippen LogP contribution in [0.5, 0.6) is 11.5 Å². The summed E-state index contributed by atoms with van der Waals surface area (Å²) in [6, 6.07) is 6.36. The second-order valence-electron chi connectivity index (χ2n) is 11.8. The Morgan fingerprint density at radius 1 is 1.00 bits per heavy atom. The van der Waals surface area contributed by atoms with Gasteiger partial charge in [0.15, 0.2) is 12.4 Å². The predicted molar refractivity (Wildman–Crippen MR) is 157 cm³/mol. The minimum absolute atomic E-state index is 0.0478. The molecule has 2 aliphatic rings. The summed E-state index contributed by atoms with van der Waals surface area (Å²) in [5, 5.41) is 8.70. The van der Waals surface area contributed by atoms with E-state index in [-0.39, 0.29) is 36.0 Å². The Balaban J connectivity index is 1.64. The molecule has 2 aliphatic heterocycles. The van der Waals surface area contributed by atoms with Crippen molar-refractivity contribution in [3.8, 4) is 11.5 Å². The highest BCUT2D eigenvalue weighted by molar-refractivity contribution is 6.07. The van der Waals surface area contributed by atoms with Gasteiger partial charge in [0.05, 0.1) is 24.4 Å². The van der Waals surface area contributed by atoms with E-state index < -0.39 is 36.0 Å². The number of nitrogens with one attached hydrogen (secondary N) is 1. The van der Waals surface area contributed by atoms with Gasteiger partial charge in [0.2, 0.25) is 0 Å².